The van der Waals surface area contributed by atoms with Crippen molar-refractivity contribution < 1.29 is 0 Å². The third kappa shape index (κ3) is 4.04. The van der Waals surface area contributed by atoms with Crippen LogP contribution in [-0.2, 0) is 0 Å². The van der Waals surface area contributed by atoms with E-state index in [0.717, 1.165) is 12.2 Å². The van der Waals surface area contributed by atoms with Crippen LogP contribution in [0.25, 0.3) is 0 Å². The van der Waals surface area contributed by atoms with Crippen LogP contribution in [0.3, 0.4) is 0 Å². The van der Waals surface area contributed by atoms with Crippen LogP contribution in [0.4, 0.5) is 0 Å². The quantitative estimate of drug-likeness (QED) is 0.795. The number of hydrogen-bond acceptors (Lipinski definition) is 3. The van der Waals surface area contributed by atoms with Gasteiger partial charge in [0.1, 0.15) is 5.54 Å². The molecule has 1 aromatic carbocycles. The van der Waals surface area contributed by atoms with E-state index < -0.39 is 0 Å². The van der Waals surface area contributed by atoms with Crippen molar-refractivity contribution in [2.75, 3.05) is 5.75 Å². The van der Waals surface area contributed by atoms with Crippen molar-refractivity contribution in [2.45, 2.75) is 49.6 Å². The van der Waals surface area contributed by atoms with Crippen LogP contribution in [0.1, 0.15) is 31.7 Å². The second kappa shape index (κ2) is 5.77. The van der Waals surface area contributed by atoms with Crippen LogP contribution < -0.4 is 5.32 Å². The van der Waals surface area contributed by atoms with Gasteiger partial charge in [-0.2, -0.15) is 5.26 Å². The Kier molecular flexibility index (Phi) is 4.31. The molecule has 2 rings (SSSR count). The van der Waals surface area contributed by atoms with Gasteiger partial charge >= 0.3 is 0 Å². The number of aryl methyl sites for hydroxylation is 1. The van der Waals surface area contributed by atoms with Gasteiger partial charge in [0.25, 0.3) is 0 Å². The summed E-state index contributed by atoms with van der Waals surface area (Å²) in [6.07, 6.45) is 3.34. The molecule has 18 heavy (non-hydrogen) atoms. The summed E-state index contributed by atoms with van der Waals surface area (Å²) in [7, 11) is 0. The number of rotatable bonds is 6. The first-order valence-electron chi connectivity index (χ1n) is 6.50. The molecule has 1 aromatic rings. The fraction of sp³-hybridized carbons (Fsp3) is 0.533. The second-order valence-corrected chi connectivity index (χ2v) is 6.44. The summed E-state index contributed by atoms with van der Waals surface area (Å²) in [6.45, 7) is 4.11. The summed E-state index contributed by atoms with van der Waals surface area (Å²) in [6, 6.07) is 11.6. The maximum Gasteiger partial charge on any atom is 0.104 e. The minimum Gasteiger partial charge on any atom is -0.297 e. The van der Waals surface area contributed by atoms with E-state index in [1.54, 1.807) is 0 Å². The summed E-state index contributed by atoms with van der Waals surface area (Å²) in [5.41, 5.74) is 0.926. The minimum atomic E-state index is -0.362. The van der Waals surface area contributed by atoms with Crippen molar-refractivity contribution in [3.8, 4) is 6.07 Å². The molecule has 0 aromatic heterocycles. The zero-order chi connectivity index (χ0) is 13.0. The van der Waals surface area contributed by atoms with Crippen LogP contribution in [0.5, 0.6) is 0 Å². The van der Waals surface area contributed by atoms with Crippen LogP contribution in [0, 0.1) is 18.3 Å². The van der Waals surface area contributed by atoms with Gasteiger partial charge in [-0.3, -0.25) is 5.32 Å². The molecule has 2 nitrogen and oxygen atoms in total. The predicted octanol–water partition coefficient (Wildman–Crippen LogP) is 3.51. The van der Waals surface area contributed by atoms with Crippen molar-refractivity contribution in [1.29, 1.82) is 5.26 Å². The third-order valence-electron chi connectivity index (χ3n) is 3.24. The van der Waals surface area contributed by atoms with Crippen LogP contribution in [0.15, 0.2) is 29.2 Å². The molecule has 0 bridgehead atoms. The van der Waals surface area contributed by atoms with Crippen molar-refractivity contribution in [1.82, 2.24) is 5.32 Å². The lowest BCUT2D eigenvalue weighted by Crippen LogP contribution is -2.42. The summed E-state index contributed by atoms with van der Waals surface area (Å²) in [5, 5.41) is 12.7. The van der Waals surface area contributed by atoms with Crippen molar-refractivity contribution in [2.24, 2.45) is 0 Å². The van der Waals surface area contributed by atoms with Gasteiger partial charge in [-0.15, -0.1) is 11.8 Å². The molecule has 0 radical (unpaired) electrons. The molecular weight excluding hydrogens is 240 g/mol. The first-order valence-corrected chi connectivity index (χ1v) is 7.48. The molecule has 3 heteroatoms. The fourth-order valence-electron chi connectivity index (χ4n) is 1.85. The monoisotopic (exact) mass is 260 g/mol. The number of nitrogens with one attached hydrogen (secondary N) is 1. The minimum absolute atomic E-state index is 0.362. The molecule has 0 saturated heterocycles. The highest BCUT2D eigenvalue weighted by molar-refractivity contribution is 7.99. The number of thioether (sulfide) groups is 1. The molecule has 1 atom stereocenters. The van der Waals surface area contributed by atoms with E-state index in [9.17, 15) is 5.26 Å². The Morgan fingerprint density at radius 2 is 2.06 bits per heavy atom. The topological polar surface area (TPSA) is 35.8 Å². The number of hydrogen-bond donors (Lipinski definition) is 1. The van der Waals surface area contributed by atoms with Gasteiger partial charge in [-0.05, 0) is 45.2 Å². The summed E-state index contributed by atoms with van der Waals surface area (Å²) in [5.74, 6) is 0.979. The van der Waals surface area contributed by atoms with Crippen LogP contribution in [-0.4, -0.2) is 17.3 Å². The fourth-order valence-corrected chi connectivity index (χ4v) is 2.92. The van der Waals surface area contributed by atoms with E-state index in [-0.39, 0.29) is 5.54 Å². The highest BCUT2D eigenvalue weighted by Crippen LogP contribution is 2.26. The third-order valence-corrected chi connectivity index (χ3v) is 4.25. The Bertz CT molecular complexity index is 431. The Labute approximate surface area is 114 Å². The van der Waals surface area contributed by atoms with Gasteiger partial charge in [-0.1, -0.05) is 17.7 Å². The lowest BCUT2D eigenvalue weighted by atomic mass is 10.0. The van der Waals surface area contributed by atoms with Crippen molar-refractivity contribution in [3.63, 3.8) is 0 Å². The molecule has 1 fully saturated rings. The first-order chi connectivity index (χ1) is 8.61. The Balaban J connectivity index is 1.79. The van der Waals surface area contributed by atoms with Gasteiger partial charge in [0.05, 0.1) is 6.07 Å². The molecule has 1 unspecified atom stereocenters. The highest BCUT2D eigenvalue weighted by atomic mass is 32.2. The molecule has 1 aliphatic carbocycles. The van der Waals surface area contributed by atoms with E-state index in [1.807, 2.05) is 18.7 Å². The largest absolute Gasteiger partial charge is 0.297 e. The normalized spacial score (nSPS) is 18.1. The second-order valence-electron chi connectivity index (χ2n) is 5.27. The van der Waals surface area contributed by atoms with E-state index in [4.69, 9.17) is 0 Å². The Hall–Kier alpha value is -0.980. The number of nitrogens with zero attached hydrogens (tertiary/aromatic N) is 1. The first kappa shape index (κ1) is 13.5. The zero-order valence-electron chi connectivity index (χ0n) is 11.1. The lowest BCUT2D eigenvalue weighted by Gasteiger charge is -2.22. The zero-order valence-corrected chi connectivity index (χ0v) is 11.9. The molecule has 1 aliphatic rings. The van der Waals surface area contributed by atoms with Crippen LogP contribution >= 0.6 is 11.8 Å². The number of nitriles is 1. The van der Waals surface area contributed by atoms with E-state index in [2.05, 4.69) is 42.6 Å². The average Bonchev–Trinajstić information content (AvgIpc) is 3.15. The standard InChI is InChI=1S/C15H20N2S/c1-12-3-7-14(8-4-12)18-10-9-15(2,11-16)17-13-5-6-13/h3-4,7-8,13,17H,5-6,9-10H2,1-2H3. The Morgan fingerprint density at radius 3 is 2.61 bits per heavy atom. The molecule has 0 aliphatic heterocycles. The van der Waals surface area contributed by atoms with E-state index >= 15 is 0 Å². The maximum absolute atomic E-state index is 9.27. The van der Waals surface area contributed by atoms with Gasteiger partial charge < -0.3 is 0 Å². The summed E-state index contributed by atoms with van der Waals surface area (Å²) in [4.78, 5) is 1.28. The van der Waals surface area contributed by atoms with Gasteiger partial charge in [0.2, 0.25) is 0 Å². The Morgan fingerprint density at radius 1 is 1.39 bits per heavy atom. The molecule has 0 spiro atoms. The molecule has 0 heterocycles. The van der Waals surface area contributed by atoms with Gasteiger partial charge in [-0.25, -0.2) is 0 Å². The van der Waals surface area contributed by atoms with E-state index in [1.165, 1.54) is 23.3 Å². The van der Waals surface area contributed by atoms with Crippen LogP contribution in [0.2, 0.25) is 0 Å². The molecule has 1 N–H and O–H groups in total. The highest BCUT2D eigenvalue weighted by Gasteiger charge is 2.31. The maximum atomic E-state index is 9.27. The van der Waals surface area contributed by atoms with E-state index in [0.29, 0.717) is 6.04 Å². The smallest absolute Gasteiger partial charge is 0.104 e. The average molecular weight is 260 g/mol. The summed E-state index contributed by atoms with van der Waals surface area (Å²) < 4.78 is 0. The molecule has 0 amide bonds. The van der Waals surface area contributed by atoms with Crippen molar-refractivity contribution >= 4 is 11.8 Å². The molecule has 1 saturated carbocycles. The molecular formula is C15H20N2S. The predicted molar refractivity (Wildman–Crippen MR) is 76.7 cm³/mol. The lowest BCUT2D eigenvalue weighted by molar-refractivity contribution is 0.434. The summed E-state index contributed by atoms with van der Waals surface area (Å²) >= 11 is 1.83. The van der Waals surface area contributed by atoms with Gasteiger partial charge in [0, 0.05) is 16.7 Å². The number of benzene rings is 1. The van der Waals surface area contributed by atoms with Crippen molar-refractivity contribution in [3.05, 3.63) is 29.8 Å². The molecule has 96 valence electrons. The SMILES string of the molecule is Cc1ccc(SCCC(C)(C#N)NC2CC2)cc1. The van der Waals surface area contributed by atoms with Gasteiger partial charge in [0.15, 0.2) is 0 Å².